The van der Waals surface area contributed by atoms with Crippen LogP contribution in [0.2, 0.25) is 0 Å². The summed E-state index contributed by atoms with van der Waals surface area (Å²) in [6.07, 6.45) is 1.72. The average molecular weight is 459 g/mol. The van der Waals surface area contributed by atoms with Crippen LogP contribution in [0.1, 0.15) is 31.9 Å². The topological polar surface area (TPSA) is 35.8 Å². The normalized spacial score (nSPS) is 11.0. The van der Waals surface area contributed by atoms with Gasteiger partial charge in [0, 0.05) is 31.6 Å². The monoisotopic (exact) mass is 456 g/mol. The molecule has 0 fully saturated rings. The summed E-state index contributed by atoms with van der Waals surface area (Å²) in [6, 6.07) is 13.8. The third kappa shape index (κ3) is 7.13. The molecule has 0 aliphatic heterocycles. The van der Waals surface area contributed by atoms with E-state index in [1.165, 1.54) is 0 Å². The van der Waals surface area contributed by atoms with Gasteiger partial charge in [-0.25, -0.2) is 0 Å². The van der Waals surface area contributed by atoms with E-state index in [1.54, 1.807) is 6.21 Å². The third-order valence-corrected chi connectivity index (χ3v) is 3.59. The number of benzene rings is 2. The molecule has 0 amide bonds. The van der Waals surface area contributed by atoms with Crippen molar-refractivity contribution in [2.24, 2.45) is 4.99 Å². The van der Waals surface area contributed by atoms with Crippen molar-refractivity contribution in [1.29, 1.82) is 0 Å². The van der Waals surface area contributed by atoms with Gasteiger partial charge in [-0.1, -0.05) is 32.9 Å². The van der Waals surface area contributed by atoms with E-state index >= 15 is 0 Å². The molecule has 0 heterocycles. The zero-order chi connectivity index (χ0) is 19.0. The average Bonchev–Trinajstić information content (AvgIpc) is 2.54. The van der Waals surface area contributed by atoms with E-state index in [-0.39, 0.29) is 5.41 Å². The molecule has 2 aromatic carbocycles. The summed E-state index contributed by atoms with van der Waals surface area (Å²) in [6.45, 7) is 6.26. The fraction of sp³-hybridized carbons (Fsp3) is 0.316. The Kier molecular flexibility index (Phi) is 9.20. The number of nitrogens with zero attached hydrogens (tertiary/aromatic N) is 2. The Labute approximate surface area is 169 Å². The van der Waals surface area contributed by atoms with Crippen LogP contribution >= 0.6 is 17.0 Å². The van der Waals surface area contributed by atoms with Gasteiger partial charge in [0.25, 0.3) is 0 Å². The number of rotatable bonds is 3. The van der Waals surface area contributed by atoms with Gasteiger partial charge in [0.1, 0.15) is 5.75 Å². The van der Waals surface area contributed by atoms with Crippen molar-refractivity contribution in [2.45, 2.75) is 26.2 Å². The zero-order valence-corrected chi connectivity index (χ0v) is 19.2. The number of aliphatic imine (C=N–C) groups is 1. The van der Waals surface area contributed by atoms with E-state index in [4.69, 9.17) is 17.0 Å². The molecule has 0 aromatic heterocycles. The Balaban J connectivity index is 0.000000970. The first-order valence-electron chi connectivity index (χ1n) is 7.81. The molecule has 2 aromatic rings. The number of phenols is 1. The molecule has 25 heavy (non-hydrogen) atoms. The van der Waals surface area contributed by atoms with Gasteiger partial charge in [-0.05, 0) is 41.3 Å². The molecule has 2 rings (SSSR count). The maximum absolute atomic E-state index is 10.4. The van der Waals surface area contributed by atoms with Crippen LogP contribution in [-0.4, -0.2) is 25.4 Å². The van der Waals surface area contributed by atoms with E-state index in [2.05, 4.69) is 25.8 Å². The predicted octanol–water partition coefficient (Wildman–Crippen LogP) is 5.88. The van der Waals surface area contributed by atoms with Crippen molar-refractivity contribution in [3.63, 3.8) is 0 Å². The quantitative estimate of drug-likeness (QED) is 0.583. The number of para-hydroxylation sites is 1. The van der Waals surface area contributed by atoms with Crippen molar-refractivity contribution in [3.05, 3.63) is 53.6 Å². The van der Waals surface area contributed by atoms with E-state index in [1.807, 2.05) is 61.5 Å². The second-order valence-electron chi connectivity index (χ2n) is 6.73. The number of hydrogen-bond acceptors (Lipinski definition) is 3. The Bertz CT molecular complexity index is 696. The van der Waals surface area contributed by atoms with Gasteiger partial charge < -0.3 is 10.0 Å². The van der Waals surface area contributed by atoms with E-state index in [9.17, 15) is 5.11 Å². The molecule has 0 unspecified atom stereocenters. The van der Waals surface area contributed by atoms with Crippen LogP contribution in [0.3, 0.4) is 0 Å². The molecule has 0 aliphatic carbocycles. The predicted molar refractivity (Wildman–Crippen MR) is 107 cm³/mol. The van der Waals surface area contributed by atoms with Crippen LogP contribution in [0, 0.1) is 0 Å². The van der Waals surface area contributed by atoms with Crippen LogP contribution in [0.15, 0.2) is 47.5 Å². The van der Waals surface area contributed by atoms with E-state index in [0.29, 0.717) is 5.75 Å². The summed E-state index contributed by atoms with van der Waals surface area (Å²) < 4.78 is 0. The molecule has 3 nitrogen and oxygen atoms in total. The first-order valence-corrected chi connectivity index (χ1v) is 14.1. The van der Waals surface area contributed by atoms with Gasteiger partial charge in [-0.3, -0.25) is 4.99 Å². The molecule has 0 atom stereocenters. The molecule has 0 saturated carbocycles. The molecule has 1 N–H and O–H groups in total. The van der Waals surface area contributed by atoms with Crippen LogP contribution < -0.4 is 4.90 Å². The Hall–Kier alpha value is -0.827. The molecular weight excluding hydrogens is 434 g/mol. The van der Waals surface area contributed by atoms with Crippen molar-refractivity contribution in [2.75, 3.05) is 19.0 Å². The van der Waals surface area contributed by atoms with Crippen molar-refractivity contribution in [3.8, 4) is 5.75 Å². The summed E-state index contributed by atoms with van der Waals surface area (Å²) in [5.74, 6) is 0.309. The molecular formula is C19H24Cl2N2OZr. The number of hydrogen-bond donors (Lipinski definition) is 1. The van der Waals surface area contributed by atoms with E-state index < -0.39 is 20.8 Å². The number of halogens is 2. The molecule has 0 saturated heterocycles. The minimum absolute atomic E-state index is 0.0959. The van der Waals surface area contributed by atoms with Gasteiger partial charge in [0.2, 0.25) is 0 Å². The van der Waals surface area contributed by atoms with Crippen LogP contribution in [-0.2, 0) is 26.3 Å². The second kappa shape index (κ2) is 10.4. The zero-order valence-electron chi connectivity index (χ0n) is 15.2. The second-order valence-corrected chi connectivity index (χ2v) is 10.5. The molecule has 0 spiro atoms. The number of phenolic OH excluding ortho intramolecular Hbond substituents is 1. The Morgan fingerprint density at radius 3 is 2.08 bits per heavy atom. The van der Waals surface area contributed by atoms with Gasteiger partial charge in [0.05, 0.1) is 5.69 Å². The maximum atomic E-state index is 10.4. The minimum atomic E-state index is -0.826. The van der Waals surface area contributed by atoms with Crippen molar-refractivity contribution < 1.29 is 26.0 Å². The third-order valence-electron chi connectivity index (χ3n) is 3.59. The Morgan fingerprint density at radius 1 is 1.04 bits per heavy atom. The fourth-order valence-electron chi connectivity index (χ4n) is 2.25. The molecule has 0 aliphatic rings. The molecule has 0 radical (unpaired) electrons. The van der Waals surface area contributed by atoms with Gasteiger partial charge in [-0.15, -0.1) is 0 Å². The van der Waals surface area contributed by atoms with E-state index in [0.717, 1.165) is 22.5 Å². The van der Waals surface area contributed by atoms with Gasteiger partial charge in [0.15, 0.2) is 0 Å². The first kappa shape index (κ1) is 22.2. The van der Waals surface area contributed by atoms with Crippen molar-refractivity contribution >= 4 is 34.6 Å². The molecule has 6 heteroatoms. The van der Waals surface area contributed by atoms with Crippen LogP contribution in [0.4, 0.5) is 11.4 Å². The molecule has 134 valence electrons. The van der Waals surface area contributed by atoms with Gasteiger partial charge in [-0.2, -0.15) is 0 Å². The SMILES string of the molecule is CN(C)c1ccc(N=Cc2cccc(C(C)(C)C)c2O)cc1.[Cl][Zr][Cl]. The Morgan fingerprint density at radius 2 is 1.60 bits per heavy atom. The van der Waals surface area contributed by atoms with Crippen LogP contribution in [0.25, 0.3) is 0 Å². The summed E-state index contributed by atoms with van der Waals surface area (Å²) in [4.78, 5) is 6.51. The van der Waals surface area contributed by atoms with Crippen molar-refractivity contribution in [1.82, 2.24) is 0 Å². The first-order chi connectivity index (χ1) is 11.7. The fourth-order valence-corrected chi connectivity index (χ4v) is 2.25. The summed E-state index contributed by atoms with van der Waals surface area (Å²) in [5, 5.41) is 10.4. The summed E-state index contributed by atoms with van der Waals surface area (Å²) in [7, 11) is 13.9. The summed E-state index contributed by atoms with van der Waals surface area (Å²) >= 11 is -0.826. The number of anilines is 1. The molecule has 0 bridgehead atoms. The standard InChI is InChI=1S/C19H24N2O.2ClH.Zr/c1-19(2,3)17-8-6-7-14(18(17)22)13-20-15-9-11-16(12-10-15)21(4)5;;;/h6-13,22H,1-5H3;2*1H;/q;;;+2/p-2. The van der Waals surface area contributed by atoms with Gasteiger partial charge >= 0.3 is 37.9 Å². The summed E-state index contributed by atoms with van der Waals surface area (Å²) in [5.41, 5.74) is 3.58. The number of aromatic hydroxyl groups is 1. The van der Waals surface area contributed by atoms with Crippen LogP contribution in [0.5, 0.6) is 5.75 Å².